The Morgan fingerprint density at radius 3 is 2.57 bits per heavy atom. The van der Waals surface area contributed by atoms with E-state index in [-0.39, 0.29) is 24.1 Å². The highest BCUT2D eigenvalue weighted by Crippen LogP contribution is 2.31. The number of anilines is 1. The molecule has 2 rings (SSSR count). The van der Waals surface area contributed by atoms with Crippen LogP contribution in [0.5, 0.6) is 17.8 Å². The SMILES string of the molecule is CC(C)Oc1nc(NN)nc(Oc2ccc(Br)cc2Cl)n1. The molecule has 112 valence electrons. The molecule has 0 aliphatic carbocycles. The first-order valence-electron chi connectivity index (χ1n) is 6.00. The highest BCUT2D eigenvalue weighted by Gasteiger charge is 2.12. The van der Waals surface area contributed by atoms with Crippen molar-refractivity contribution in [3.63, 3.8) is 0 Å². The molecule has 21 heavy (non-hydrogen) atoms. The predicted octanol–water partition coefficient (Wildman–Crippen LogP) is 3.15. The number of nitrogens with one attached hydrogen (secondary N) is 1. The number of nitrogens with zero attached hydrogens (tertiary/aromatic N) is 3. The number of hydrogen-bond donors (Lipinski definition) is 2. The van der Waals surface area contributed by atoms with Gasteiger partial charge in [-0.1, -0.05) is 27.5 Å². The lowest BCUT2D eigenvalue weighted by Gasteiger charge is -2.11. The van der Waals surface area contributed by atoms with Crippen LogP contribution in [0.25, 0.3) is 0 Å². The number of rotatable bonds is 5. The standard InChI is InChI=1S/C12H13BrClN5O2/c1-6(2)20-11-16-10(19-15)17-12(18-11)21-9-4-3-7(13)5-8(9)14/h3-6H,15H2,1-2H3,(H,16,17,18,19). The maximum Gasteiger partial charge on any atom is 0.330 e. The normalized spacial score (nSPS) is 10.6. The molecule has 1 aromatic carbocycles. The lowest BCUT2D eigenvalue weighted by atomic mass is 10.3. The van der Waals surface area contributed by atoms with Crippen LogP contribution in [-0.4, -0.2) is 21.1 Å². The van der Waals surface area contributed by atoms with Crippen molar-refractivity contribution >= 4 is 33.5 Å². The smallest absolute Gasteiger partial charge is 0.330 e. The van der Waals surface area contributed by atoms with E-state index >= 15 is 0 Å². The number of hydrogen-bond acceptors (Lipinski definition) is 7. The Labute approximate surface area is 135 Å². The molecule has 0 radical (unpaired) electrons. The number of halogens is 2. The van der Waals surface area contributed by atoms with Crippen molar-refractivity contribution in [1.82, 2.24) is 15.0 Å². The fourth-order valence-electron chi connectivity index (χ4n) is 1.37. The highest BCUT2D eigenvalue weighted by atomic mass is 79.9. The highest BCUT2D eigenvalue weighted by molar-refractivity contribution is 9.10. The van der Waals surface area contributed by atoms with Crippen molar-refractivity contribution < 1.29 is 9.47 Å². The minimum absolute atomic E-state index is 0.0258. The van der Waals surface area contributed by atoms with E-state index in [2.05, 4.69) is 36.3 Å². The predicted molar refractivity (Wildman–Crippen MR) is 82.6 cm³/mol. The van der Waals surface area contributed by atoms with Crippen LogP contribution in [0.3, 0.4) is 0 Å². The lowest BCUT2D eigenvalue weighted by molar-refractivity contribution is 0.218. The molecule has 3 N–H and O–H groups in total. The first-order chi connectivity index (χ1) is 9.97. The maximum absolute atomic E-state index is 6.08. The summed E-state index contributed by atoms with van der Waals surface area (Å²) in [4.78, 5) is 12.0. The van der Waals surface area contributed by atoms with Gasteiger partial charge in [-0.25, -0.2) is 5.84 Å². The van der Waals surface area contributed by atoms with Crippen molar-refractivity contribution in [2.75, 3.05) is 5.43 Å². The topological polar surface area (TPSA) is 95.2 Å². The zero-order valence-corrected chi connectivity index (χ0v) is 13.6. The summed E-state index contributed by atoms with van der Waals surface area (Å²) in [5.41, 5.74) is 2.33. The zero-order chi connectivity index (χ0) is 15.4. The van der Waals surface area contributed by atoms with Crippen LogP contribution in [0.15, 0.2) is 22.7 Å². The van der Waals surface area contributed by atoms with Crippen LogP contribution in [0.4, 0.5) is 5.95 Å². The van der Waals surface area contributed by atoms with Gasteiger partial charge in [-0.05, 0) is 32.0 Å². The van der Waals surface area contributed by atoms with E-state index in [4.69, 9.17) is 26.9 Å². The second kappa shape index (κ2) is 6.88. The molecule has 0 aliphatic heterocycles. The van der Waals surface area contributed by atoms with Crippen molar-refractivity contribution in [3.8, 4) is 17.8 Å². The van der Waals surface area contributed by atoms with E-state index in [0.29, 0.717) is 10.8 Å². The molecule has 0 spiro atoms. The van der Waals surface area contributed by atoms with Gasteiger partial charge < -0.3 is 9.47 Å². The molecule has 2 aromatic rings. The van der Waals surface area contributed by atoms with Gasteiger partial charge in [0.15, 0.2) is 0 Å². The monoisotopic (exact) mass is 373 g/mol. The molecule has 1 heterocycles. The second-order valence-electron chi connectivity index (χ2n) is 4.21. The van der Waals surface area contributed by atoms with Crippen molar-refractivity contribution in [1.29, 1.82) is 0 Å². The lowest BCUT2D eigenvalue weighted by Crippen LogP contribution is -2.15. The average Bonchev–Trinajstić information content (AvgIpc) is 2.41. The summed E-state index contributed by atoms with van der Waals surface area (Å²) in [7, 11) is 0. The molecular formula is C12H13BrClN5O2. The van der Waals surface area contributed by atoms with Gasteiger partial charge in [-0.15, -0.1) is 4.98 Å². The van der Waals surface area contributed by atoms with Crippen molar-refractivity contribution in [2.45, 2.75) is 20.0 Å². The number of benzene rings is 1. The summed E-state index contributed by atoms with van der Waals surface area (Å²) in [6.45, 7) is 3.71. The van der Waals surface area contributed by atoms with Crippen LogP contribution >= 0.6 is 27.5 Å². The molecule has 0 saturated heterocycles. The third kappa shape index (κ3) is 4.42. The van der Waals surface area contributed by atoms with Gasteiger partial charge in [0.2, 0.25) is 5.95 Å². The molecule has 1 aromatic heterocycles. The fourth-order valence-corrected chi connectivity index (χ4v) is 2.08. The average molecular weight is 375 g/mol. The first kappa shape index (κ1) is 15.7. The molecule has 9 heteroatoms. The molecule has 0 saturated carbocycles. The minimum Gasteiger partial charge on any atom is -0.461 e. The quantitative estimate of drug-likeness (QED) is 0.613. The third-order valence-electron chi connectivity index (χ3n) is 2.16. The van der Waals surface area contributed by atoms with E-state index in [1.807, 2.05) is 13.8 Å². The van der Waals surface area contributed by atoms with Gasteiger partial charge >= 0.3 is 12.0 Å². The van der Waals surface area contributed by atoms with Gasteiger partial charge in [-0.3, -0.25) is 5.43 Å². The van der Waals surface area contributed by atoms with Crippen LogP contribution in [0.1, 0.15) is 13.8 Å². The summed E-state index contributed by atoms with van der Waals surface area (Å²) >= 11 is 9.39. The summed E-state index contributed by atoms with van der Waals surface area (Å²) in [6, 6.07) is 5.31. The Morgan fingerprint density at radius 1 is 1.24 bits per heavy atom. The number of aromatic nitrogens is 3. The summed E-state index contributed by atoms with van der Waals surface area (Å²) < 4.78 is 11.8. The Kier molecular flexibility index (Phi) is 5.16. The Hall–Kier alpha value is -1.64. The number of hydrazine groups is 1. The number of ether oxygens (including phenoxy) is 2. The second-order valence-corrected chi connectivity index (χ2v) is 5.53. The van der Waals surface area contributed by atoms with E-state index in [1.54, 1.807) is 18.2 Å². The largest absolute Gasteiger partial charge is 0.461 e. The van der Waals surface area contributed by atoms with E-state index in [1.165, 1.54) is 0 Å². The molecule has 0 aliphatic rings. The van der Waals surface area contributed by atoms with Crippen molar-refractivity contribution in [2.24, 2.45) is 5.84 Å². The van der Waals surface area contributed by atoms with Gasteiger partial charge in [-0.2, -0.15) is 9.97 Å². The van der Waals surface area contributed by atoms with Crippen LogP contribution in [0, 0.1) is 0 Å². The first-order valence-corrected chi connectivity index (χ1v) is 7.17. The summed E-state index contributed by atoms with van der Waals surface area (Å²) in [6.07, 6.45) is -0.0952. The Balaban J connectivity index is 2.29. The van der Waals surface area contributed by atoms with E-state index in [0.717, 1.165) is 4.47 Å². The summed E-state index contributed by atoms with van der Waals surface area (Å²) in [5.74, 6) is 5.85. The van der Waals surface area contributed by atoms with Gasteiger partial charge in [0.25, 0.3) is 0 Å². The van der Waals surface area contributed by atoms with Crippen LogP contribution in [0.2, 0.25) is 5.02 Å². The third-order valence-corrected chi connectivity index (χ3v) is 2.95. The van der Waals surface area contributed by atoms with Gasteiger partial charge in [0.1, 0.15) is 5.75 Å². The minimum atomic E-state index is -0.0952. The van der Waals surface area contributed by atoms with Crippen LogP contribution in [-0.2, 0) is 0 Å². The molecule has 0 fully saturated rings. The number of nitrogens with two attached hydrogens (primary N) is 1. The van der Waals surface area contributed by atoms with E-state index < -0.39 is 0 Å². The molecule has 7 nitrogen and oxygen atoms in total. The number of nitrogen functional groups attached to an aromatic ring is 1. The molecule has 0 unspecified atom stereocenters. The van der Waals surface area contributed by atoms with Gasteiger partial charge in [0.05, 0.1) is 11.1 Å². The Morgan fingerprint density at radius 2 is 1.95 bits per heavy atom. The maximum atomic E-state index is 6.08. The van der Waals surface area contributed by atoms with E-state index in [9.17, 15) is 0 Å². The van der Waals surface area contributed by atoms with Gasteiger partial charge in [0, 0.05) is 4.47 Å². The fraction of sp³-hybridized carbons (Fsp3) is 0.250. The molecule has 0 atom stereocenters. The van der Waals surface area contributed by atoms with Crippen LogP contribution < -0.4 is 20.7 Å². The zero-order valence-electron chi connectivity index (χ0n) is 11.3. The molecular weight excluding hydrogens is 362 g/mol. The molecule has 0 bridgehead atoms. The molecule has 0 amide bonds. The van der Waals surface area contributed by atoms with Crippen molar-refractivity contribution in [3.05, 3.63) is 27.7 Å². The summed E-state index contributed by atoms with van der Waals surface area (Å²) in [5, 5.41) is 0.415. The Bertz CT molecular complexity index is 641.